The monoisotopic (exact) mass is 323 g/mol. The van der Waals surface area contributed by atoms with Gasteiger partial charge >= 0.3 is 0 Å². The van der Waals surface area contributed by atoms with Crippen LogP contribution in [-0.4, -0.2) is 24.5 Å². The van der Waals surface area contributed by atoms with Crippen LogP contribution in [0.4, 0.5) is 11.4 Å². The Morgan fingerprint density at radius 3 is 2.67 bits per heavy atom. The van der Waals surface area contributed by atoms with E-state index in [9.17, 15) is 4.79 Å². The number of carbonyl (C=O) groups excluding carboxylic acids is 1. The largest absolute Gasteiger partial charge is 0.374 e. The van der Waals surface area contributed by atoms with Gasteiger partial charge in [0.15, 0.2) is 0 Å². The number of aryl methyl sites for hydroxylation is 1. The molecule has 0 fully saturated rings. The van der Waals surface area contributed by atoms with Crippen LogP contribution in [0.5, 0.6) is 0 Å². The smallest absolute Gasteiger partial charge is 0.257 e. The molecular weight excluding hydrogens is 298 g/mol. The predicted molar refractivity (Wildman–Crippen MR) is 98.9 cm³/mol. The zero-order chi connectivity index (χ0) is 17.3. The van der Waals surface area contributed by atoms with E-state index in [2.05, 4.69) is 55.2 Å². The lowest BCUT2D eigenvalue weighted by Crippen LogP contribution is -2.25. The molecule has 126 valence electrons. The Hall–Kier alpha value is -2.36. The second-order valence-electron chi connectivity index (χ2n) is 7.50. The van der Waals surface area contributed by atoms with E-state index in [1.807, 2.05) is 18.2 Å². The third-order valence-electron chi connectivity index (χ3n) is 4.49. The minimum atomic E-state index is -0.124. The van der Waals surface area contributed by atoms with Crippen LogP contribution < -0.4 is 10.2 Å². The molecule has 4 heteroatoms. The van der Waals surface area contributed by atoms with E-state index in [1.54, 1.807) is 6.20 Å². The molecule has 3 rings (SSSR count). The van der Waals surface area contributed by atoms with E-state index in [1.165, 1.54) is 17.7 Å². The van der Waals surface area contributed by atoms with Gasteiger partial charge < -0.3 is 10.2 Å². The lowest BCUT2D eigenvalue weighted by Gasteiger charge is -2.28. The molecule has 24 heavy (non-hydrogen) atoms. The number of amides is 1. The van der Waals surface area contributed by atoms with Crippen molar-refractivity contribution >= 4 is 17.3 Å². The molecule has 1 aliphatic heterocycles. The first-order valence-electron chi connectivity index (χ1n) is 8.46. The van der Waals surface area contributed by atoms with Crippen molar-refractivity contribution in [2.24, 2.45) is 0 Å². The standard InChI is InChI=1S/C20H25N3O/c1-20(2,3)18-10-8-15(13-21-18)19(24)22-16-9-7-14-6-5-11-23(4)17(14)12-16/h7-10,12-13H,5-6,11H2,1-4H3,(H,22,24). The zero-order valence-corrected chi connectivity index (χ0v) is 14.9. The summed E-state index contributed by atoms with van der Waals surface area (Å²) in [5.74, 6) is -0.124. The summed E-state index contributed by atoms with van der Waals surface area (Å²) < 4.78 is 0. The highest BCUT2D eigenvalue weighted by atomic mass is 16.1. The van der Waals surface area contributed by atoms with E-state index in [4.69, 9.17) is 0 Å². The molecule has 0 saturated carbocycles. The summed E-state index contributed by atoms with van der Waals surface area (Å²) in [7, 11) is 2.10. The fourth-order valence-corrected chi connectivity index (χ4v) is 3.01. The first kappa shape index (κ1) is 16.5. The summed E-state index contributed by atoms with van der Waals surface area (Å²) in [5.41, 5.74) is 4.92. The maximum absolute atomic E-state index is 12.5. The SMILES string of the molecule is CN1CCCc2ccc(NC(=O)c3ccc(C(C)(C)C)nc3)cc21. The number of fused-ring (bicyclic) bond motifs is 1. The molecule has 0 radical (unpaired) electrons. The average Bonchev–Trinajstić information content (AvgIpc) is 2.55. The van der Waals surface area contributed by atoms with Crippen LogP contribution in [0.15, 0.2) is 36.5 Å². The van der Waals surface area contributed by atoms with Gasteiger partial charge in [-0.1, -0.05) is 26.8 Å². The summed E-state index contributed by atoms with van der Waals surface area (Å²) in [6, 6.07) is 9.92. The molecule has 2 aromatic rings. The average molecular weight is 323 g/mol. The normalized spacial score (nSPS) is 14.2. The van der Waals surface area contributed by atoms with Gasteiger partial charge in [-0.15, -0.1) is 0 Å². The van der Waals surface area contributed by atoms with Crippen LogP contribution in [0.1, 0.15) is 48.8 Å². The van der Waals surface area contributed by atoms with E-state index in [-0.39, 0.29) is 11.3 Å². The molecule has 0 atom stereocenters. The summed E-state index contributed by atoms with van der Waals surface area (Å²) in [6.45, 7) is 7.39. The number of anilines is 2. The molecule has 0 bridgehead atoms. The van der Waals surface area contributed by atoms with Crippen LogP contribution in [0.3, 0.4) is 0 Å². The van der Waals surface area contributed by atoms with Crippen molar-refractivity contribution < 1.29 is 4.79 Å². The molecule has 0 spiro atoms. The van der Waals surface area contributed by atoms with E-state index >= 15 is 0 Å². The van der Waals surface area contributed by atoms with Crippen molar-refractivity contribution in [3.05, 3.63) is 53.3 Å². The van der Waals surface area contributed by atoms with Crippen LogP contribution in [0, 0.1) is 0 Å². The third kappa shape index (κ3) is 3.42. The summed E-state index contributed by atoms with van der Waals surface area (Å²) >= 11 is 0. The zero-order valence-electron chi connectivity index (χ0n) is 14.9. The number of hydrogen-bond acceptors (Lipinski definition) is 3. The first-order valence-corrected chi connectivity index (χ1v) is 8.46. The Balaban J connectivity index is 1.76. The van der Waals surface area contributed by atoms with E-state index in [0.717, 1.165) is 24.3 Å². The van der Waals surface area contributed by atoms with Crippen LogP contribution >= 0.6 is 0 Å². The van der Waals surface area contributed by atoms with E-state index in [0.29, 0.717) is 5.56 Å². The molecule has 1 aliphatic rings. The number of hydrogen-bond donors (Lipinski definition) is 1. The Bertz CT molecular complexity index is 744. The number of pyridine rings is 1. The molecule has 0 saturated heterocycles. The van der Waals surface area contributed by atoms with Crippen LogP contribution in [-0.2, 0) is 11.8 Å². The number of benzene rings is 1. The third-order valence-corrected chi connectivity index (χ3v) is 4.49. The predicted octanol–water partition coefficient (Wildman–Crippen LogP) is 4.01. The molecular formula is C20H25N3O. The Morgan fingerprint density at radius 2 is 2.00 bits per heavy atom. The molecule has 1 aromatic heterocycles. The van der Waals surface area contributed by atoms with Gasteiger partial charge in [-0.25, -0.2) is 0 Å². The number of nitrogens with zero attached hydrogens (tertiary/aromatic N) is 2. The second-order valence-corrected chi connectivity index (χ2v) is 7.50. The highest BCUT2D eigenvalue weighted by Gasteiger charge is 2.17. The van der Waals surface area contributed by atoms with Crippen molar-refractivity contribution in [3.8, 4) is 0 Å². The maximum Gasteiger partial charge on any atom is 0.257 e. The van der Waals surface area contributed by atoms with Gasteiger partial charge in [0, 0.05) is 42.3 Å². The van der Waals surface area contributed by atoms with Gasteiger partial charge in [-0.2, -0.15) is 0 Å². The molecule has 0 unspecified atom stereocenters. The molecule has 1 amide bonds. The number of aromatic nitrogens is 1. The molecule has 1 aromatic carbocycles. The Kier molecular flexibility index (Phi) is 4.31. The fraction of sp³-hybridized carbons (Fsp3) is 0.400. The molecule has 1 N–H and O–H groups in total. The van der Waals surface area contributed by atoms with Gasteiger partial charge in [-0.05, 0) is 42.7 Å². The van der Waals surface area contributed by atoms with Gasteiger partial charge in [0.25, 0.3) is 5.91 Å². The molecule has 4 nitrogen and oxygen atoms in total. The summed E-state index contributed by atoms with van der Waals surface area (Å²) in [4.78, 5) is 19.1. The van der Waals surface area contributed by atoms with Gasteiger partial charge in [0.2, 0.25) is 0 Å². The lowest BCUT2D eigenvalue weighted by atomic mass is 9.91. The number of nitrogens with one attached hydrogen (secondary N) is 1. The van der Waals surface area contributed by atoms with E-state index < -0.39 is 0 Å². The second kappa shape index (κ2) is 6.27. The van der Waals surface area contributed by atoms with Crippen molar-refractivity contribution in [1.29, 1.82) is 0 Å². The van der Waals surface area contributed by atoms with Crippen LogP contribution in [0.25, 0.3) is 0 Å². The van der Waals surface area contributed by atoms with Crippen molar-refractivity contribution in [1.82, 2.24) is 4.98 Å². The topological polar surface area (TPSA) is 45.2 Å². The lowest BCUT2D eigenvalue weighted by molar-refractivity contribution is 0.102. The fourth-order valence-electron chi connectivity index (χ4n) is 3.01. The summed E-state index contributed by atoms with van der Waals surface area (Å²) in [5, 5.41) is 2.98. The van der Waals surface area contributed by atoms with Crippen LogP contribution in [0.2, 0.25) is 0 Å². The Morgan fingerprint density at radius 1 is 1.21 bits per heavy atom. The number of rotatable bonds is 2. The number of carbonyl (C=O) groups is 1. The van der Waals surface area contributed by atoms with Crippen molar-refractivity contribution in [2.45, 2.75) is 39.0 Å². The maximum atomic E-state index is 12.5. The minimum absolute atomic E-state index is 0.0158. The van der Waals surface area contributed by atoms with Gasteiger partial charge in [0.05, 0.1) is 5.56 Å². The molecule has 0 aliphatic carbocycles. The highest BCUT2D eigenvalue weighted by molar-refractivity contribution is 6.04. The van der Waals surface area contributed by atoms with Gasteiger partial charge in [0.1, 0.15) is 0 Å². The highest BCUT2D eigenvalue weighted by Crippen LogP contribution is 2.29. The quantitative estimate of drug-likeness (QED) is 0.908. The first-order chi connectivity index (χ1) is 11.3. The van der Waals surface area contributed by atoms with Crippen molar-refractivity contribution in [2.75, 3.05) is 23.8 Å². The summed E-state index contributed by atoms with van der Waals surface area (Å²) in [6.07, 6.45) is 3.94. The van der Waals surface area contributed by atoms with Gasteiger partial charge in [-0.3, -0.25) is 9.78 Å². The minimum Gasteiger partial charge on any atom is -0.374 e. The van der Waals surface area contributed by atoms with Crippen molar-refractivity contribution in [3.63, 3.8) is 0 Å². The Labute approximate surface area is 143 Å². The molecule has 2 heterocycles.